The molecule has 0 aliphatic carbocycles. The SMILES string of the molecule is CC(C)(NCc1ccc(F)cc1)c1ccc(Cl)cc1. The maximum atomic E-state index is 12.8. The summed E-state index contributed by atoms with van der Waals surface area (Å²) < 4.78 is 12.8. The predicted molar refractivity (Wildman–Crippen MR) is 77.7 cm³/mol. The van der Waals surface area contributed by atoms with Gasteiger partial charge in [0.25, 0.3) is 0 Å². The van der Waals surface area contributed by atoms with Gasteiger partial charge in [-0.25, -0.2) is 4.39 Å². The Labute approximate surface area is 118 Å². The van der Waals surface area contributed by atoms with Crippen LogP contribution in [-0.2, 0) is 12.1 Å². The molecule has 0 aromatic heterocycles. The number of rotatable bonds is 4. The van der Waals surface area contributed by atoms with Gasteiger partial charge in [0.15, 0.2) is 0 Å². The summed E-state index contributed by atoms with van der Waals surface area (Å²) in [5, 5.41) is 4.20. The van der Waals surface area contributed by atoms with Gasteiger partial charge in [-0.15, -0.1) is 0 Å². The third-order valence-electron chi connectivity index (χ3n) is 3.21. The molecule has 1 nitrogen and oxygen atoms in total. The fourth-order valence-electron chi connectivity index (χ4n) is 1.89. The summed E-state index contributed by atoms with van der Waals surface area (Å²) in [4.78, 5) is 0. The van der Waals surface area contributed by atoms with Crippen molar-refractivity contribution < 1.29 is 4.39 Å². The van der Waals surface area contributed by atoms with Gasteiger partial charge in [0.1, 0.15) is 5.82 Å². The second-order valence-electron chi connectivity index (χ2n) is 5.11. The Morgan fingerprint density at radius 2 is 1.58 bits per heavy atom. The highest BCUT2D eigenvalue weighted by Gasteiger charge is 2.19. The molecule has 2 aromatic carbocycles. The molecule has 0 saturated heterocycles. The predicted octanol–water partition coefficient (Wildman–Crippen LogP) is 4.50. The highest BCUT2D eigenvalue weighted by Crippen LogP contribution is 2.22. The van der Waals surface area contributed by atoms with E-state index in [0.717, 1.165) is 10.6 Å². The van der Waals surface area contributed by atoms with Crippen LogP contribution < -0.4 is 5.32 Å². The van der Waals surface area contributed by atoms with E-state index in [1.807, 2.05) is 24.3 Å². The zero-order valence-electron chi connectivity index (χ0n) is 11.1. The Hall–Kier alpha value is -1.38. The van der Waals surface area contributed by atoms with Crippen molar-refractivity contribution in [2.24, 2.45) is 0 Å². The van der Waals surface area contributed by atoms with E-state index in [-0.39, 0.29) is 11.4 Å². The Bertz CT molecular complexity index is 532. The molecular formula is C16H17ClFN. The van der Waals surface area contributed by atoms with Gasteiger partial charge in [0.2, 0.25) is 0 Å². The molecule has 0 bridgehead atoms. The molecule has 0 spiro atoms. The Kier molecular flexibility index (Phi) is 4.23. The van der Waals surface area contributed by atoms with Crippen LogP contribution >= 0.6 is 11.6 Å². The number of hydrogen-bond acceptors (Lipinski definition) is 1. The average Bonchev–Trinajstić information content (AvgIpc) is 2.39. The molecule has 100 valence electrons. The summed E-state index contributed by atoms with van der Waals surface area (Å²) in [5.41, 5.74) is 2.06. The molecule has 0 saturated carbocycles. The summed E-state index contributed by atoms with van der Waals surface area (Å²) in [6.07, 6.45) is 0. The van der Waals surface area contributed by atoms with Gasteiger partial charge in [0, 0.05) is 17.1 Å². The fourth-order valence-corrected chi connectivity index (χ4v) is 2.02. The zero-order valence-corrected chi connectivity index (χ0v) is 11.8. The van der Waals surface area contributed by atoms with Crippen molar-refractivity contribution in [2.45, 2.75) is 25.9 Å². The first-order valence-electron chi connectivity index (χ1n) is 6.23. The average molecular weight is 278 g/mol. The molecule has 0 unspecified atom stereocenters. The Balaban J connectivity index is 2.04. The third kappa shape index (κ3) is 3.79. The van der Waals surface area contributed by atoms with Crippen molar-refractivity contribution in [2.75, 3.05) is 0 Å². The molecule has 0 radical (unpaired) electrons. The third-order valence-corrected chi connectivity index (χ3v) is 3.47. The second kappa shape index (κ2) is 5.72. The van der Waals surface area contributed by atoms with Crippen LogP contribution in [0.2, 0.25) is 5.02 Å². The van der Waals surface area contributed by atoms with Crippen molar-refractivity contribution in [3.63, 3.8) is 0 Å². The number of halogens is 2. The molecule has 1 N–H and O–H groups in total. The molecule has 0 aliphatic rings. The summed E-state index contributed by atoms with van der Waals surface area (Å²) >= 11 is 5.89. The lowest BCUT2D eigenvalue weighted by Crippen LogP contribution is -2.35. The van der Waals surface area contributed by atoms with Crippen LogP contribution in [0.4, 0.5) is 4.39 Å². The van der Waals surface area contributed by atoms with Gasteiger partial charge in [-0.1, -0.05) is 35.9 Å². The first-order valence-corrected chi connectivity index (χ1v) is 6.61. The van der Waals surface area contributed by atoms with Crippen molar-refractivity contribution in [1.82, 2.24) is 5.32 Å². The van der Waals surface area contributed by atoms with Gasteiger partial charge < -0.3 is 5.32 Å². The molecule has 0 amide bonds. The minimum absolute atomic E-state index is 0.168. The molecule has 2 rings (SSSR count). The number of benzene rings is 2. The van der Waals surface area contributed by atoms with E-state index in [9.17, 15) is 4.39 Å². The summed E-state index contributed by atoms with van der Waals surface area (Å²) in [6.45, 7) is 4.91. The number of hydrogen-bond donors (Lipinski definition) is 1. The summed E-state index contributed by atoms with van der Waals surface area (Å²) in [5.74, 6) is -0.208. The van der Waals surface area contributed by atoms with Gasteiger partial charge in [-0.2, -0.15) is 0 Å². The van der Waals surface area contributed by atoms with E-state index in [1.54, 1.807) is 12.1 Å². The Morgan fingerprint density at radius 1 is 1.00 bits per heavy atom. The lowest BCUT2D eigenvalue weighted by molar-refractivity contribution is 0.401. The zero-order chi connectivity index (χ0) is 13.9. The molecule has 0 aliphatic heterocycles. The maximum Gasteiger partial charge on any atom is 0.123 e. The fraction of sp³-hybridized carbons (Fsp3) is 0.250. The van der Waals surface area contributed by atoms with Gasteiger partial charge in [0.05, 0.1) is 0 Å². The minimum atomic E-state index is -0.208. The molecule has 19 heavy (non-hydrogen) atoms. The van der Waals surface area contributed by atoms with Crippen molar-refractivity contribution in [1.29, 1.82) is 0 Å². The lowest BCUT2D eigenvalue weighted by atomic mass is 9.94. The van der Waals surface area contributed by atoms with Crippen LogP contribution in [0.25, 0.3) is 0 Å². The van der Waals surface area contributed by atoms with Crippen LogP contribution in [0, 0.1) is 5.82 Å². The van der Waals surface area contributed by atoms with E-state index in [4.69, 9.17) is 11.6 Å². The second-order valence-corrected chi connectivity index (χ2v) is 5.55. The molecule has 2 aromatic rings. The van der Waals surface area contributed by atoms with Gasteiger partial charge >= 0.3 is 0 Å². The van der Waals surface area contributed by atoms with E-state index in [1.165, 1.54) is 17.7 Å². The molecular weight excluding hydrogens is 261 g/mol. The van der Waals surface area contributed by atoms with Crippen molar-refractivity contribution in [3.8, 4) is 0 Å². The smallest absolute Gasteiger partial charge is 0.123 e. The van der Waals surface area contributed by atoms with Crippen LogP contribution in [0.5, 0.6) is 0 Å². The number of nitrogens with one attached hydrogen (secondary N) is 1. The molecule has 0 fully saturated rings. The first-order chi connectivity index (χ1) is 8.97. The van der Waals surface area contributed by atoms with Gasteiger partial charge in [-0.3, -0.25) is 0 Å². The van der Waals surface area contributed by atoms with E-state index in [0.29, 0.717) is 6.54 Å². The normalized spacial score (nSPS) is 11.6. The van der Waals surface area contributed by atoms with Crippen LogP contribution in [0.15, 0.2) is 48.5 Å². The summed E-state index contributed by atoms with van der Waals surface area (Å²) in [6, 6.07) is 14.3. The largest absolute Gasteiger partial charge is 0.304 e. The Morgan fingerprint density at radius 3 is 2.16 bits per heavy atom. The van der Waals surface area contributed by atoms with Crippen LogP contribution in [0.3, 0.4) is 0 Å². The first kappa shape index (κ1) is 14.0. The lowest BCUT2D eigenvalue weighted by Gasteiger charge is -2.27. The van der Waals surface area contributed by atoms with Crippen LogP contribution in [0.1, 0.15) is 25.0 Å². The molecule has 3 heteroatoms. The van der Waals surface area contributed by atoms with Crippen molar-refractivity contribution >= 4 is 11.6 Å². The van der Waals surface area contributed by atoms with Crippen molar-refractivity contribution in [3.05, 3.63) is 70.5 Å². The highest BCUT2D eigenvalue weighted by atomic mass is 35.5. The monoisotopic (exact) mass is 277 g/mol. The highest BCUT2D eigenvalue weighted by molar-refractivity contribution is 6.30. The maximum absolute atomic E-state index is 12.8. The van der Waals surface area contributed by atoms with E-state index in [2.05, 4.69) is 19.2 Å². The van der Waals surface area contributed by atoms with Gasteiger partial charge in [-0.05, 0) is 49.2 Å². The molecule has 0 heterocycles. The summed E-state index contributed by atoms with van der Waals surface area (Å²) in [7, 11) is 0. The minimum Gasteiger partial charge on any atom is -0.304 e. The van der Waals surface area contributed by atoms with E-state index >= 15 is 0 Å². The van der Waals surface area contributed by atoms with Crippen LogP contribution in [-0.4, -0.2) is 0 Å². The standard InChI is InChI=1S/C16H17ClFN/c1-16(2,13-5-7-14(17)8-6-13)19-11-12-3-9-15(18)10-4-12/h3-10,19H,11H2,1-2H3. The topological polar surface area (TPSA) is 12.0 Å². The molecule has 0 atom stereocenters. The quantitative estimate of drug-likeness (QED) is 0.867. The van der Waals surface area contributed by atoms with E-state index < -0.39 is 0 Å².